The molecule has 1 fully saturated rings. The van der Waals surface area contributed by atoms with Gasteiger partial charge in [-0.05, 0) is 40.2 Å². The fraction of sp³-hybridized carbons (Fsp3) is 1.00. The van der Waals surface area contributed by atoms with Gasteiger partial charge < -0.3 is 5.73 Å². The normalized spacial score (nSPS) is 27.5. The molecule has 0 spiro atoms. The highest BCUT2D eigenvalue weighted by molar-refractivity contribution is 4.82. The Morgan fingerprint density at radius 1 is 1.42 bits per heavy atom. The first-order chi connectivity index (χ1) is 5.49. The SMILES string of the molecule is C[C@@H]1CCCCN1CC(C)(C)N. The van der Waals surface area contributed by atoms with Crippen molar-refractivity contribution in [2.24, 2.45) is 5.73 Å². The molecule has 0 aromatic carbocycles. The smallest absolute Gasteiger partial charge is 0.0226 e. The number of piperidine rings is 1. The number of hydrogen-bond donors (Lipinski definition) is 1. The summed E-state index contributed by atoms with van der Waals surface area (Å²) in [5, 5.41) is 0. The zero-order valence-corrected chi connectivity index (χ0v) is 8.64. The lowest BCUT2D eigenvalue weighted by Gasteiger charge is -2.37. The fourth-order valence-corrected chi connectivity index (χ4v) is 1.92. The van der Waals surface area contributed by atoms with Gasteiger partial charge in [0.1, 0.15) is 0 Å². The van der Waals surface area contributed by atoms with Crippen LogP contribution in [0, 0.1) is 0 Å². The van der Waals surface area contributed by atoms with E-state index in [2.05, 4.69) is 25.7 Å². The molecule has 1 aliphatic heterocycles. The molecule has 2 heteroatoms. The molecule has 2 N–H and O–H groups in total. The zero-order valence-electron chi connectivity index (χ0n) is 8.64. The van der Waals surface area contributed by atoms with Gasteiger partial charge in [0.25, 0.3) is 0 Å². The number of likely N-dealkylation sites (tertiary alicyclic amines) is 1. The van der Waals surface area contributed by atoms with Gasteiger partial charge in [0.2, 0.25) is 0 Å². The van der Waals surface area contributed by atoms with E-state index < -0.39 is 0 Å². The molecule has 72 valence electrons. The van der Waals surface area contributed by atoms with Crippen LogP contribution in [0.1, 0.15) is 40.0 Å². The topological polar surface area (TPSA) is 29.3 Å². The minimum absolute atomic E-state index is 0.0361. The molecular formula is C10H22N2. The summed E-state index contributed by atoms with van der Waals surface area (Å²) in [7, 11) is 0. The predicted octanol–water partition coefficient (Wildman–Crippen LogP) is 1.60. The molecular weight excluding hydrogens is 148 g/mol. The summed E-state index contributed by atoms with van der Waals surface area (Å²) in [5.41, 5.74) is 5.95. The Balaban J connectivity index is 2.39. The average molecular weight is 170 g/mol. The fourth-order valence-electron chi connectivity index (χ4n) is 1.92. The molecule has 0 bridgehead atoms. The lowest BCUT2D eigenvalue weighted by Crippen LogP contribution is -2.50. The first-order valence-corrected chi connectivity index (χ1v) is 5.02. The Kier molecular flexibility index (Phi) is 3.13. The molecule has 1 heterocycles. The van der Waals surface area contributed by atoms with Gasteiger partial charge in [0, 0.05) is 18.1 Å². The van der Waals surface area contributed by atoms with E-state index in [-0.39, 0.29) is 5.54 Å². The second kappa shape index (κ2) is 3.75. The Morgan fingerprint density at radius 3 is 2.58 bits per heavy atom. The third-order valence-electron chi connectivity index (χ3n) is 2.55. The quantitative estimate of drug-likeness (QED) is 0.682. The van der Waals surface area contributed by atoms with E-state index in [0.717, 1.165) is 12.6 Å². The maximum absolute atomic E-state index is 5.99. The van der Waals surface area contributed by atoms with Gasteiger partial charge in [0.15, 0.2) is 0 Å². The molecule has 0 radical (unpaired) electrons. The Labute approximate surface area is 76.1 Å². The molecule has 1 rings (SSSR count). The predicted molar refractivity (Wildman–Crippen MR) is 53.2 cm³/mol. The molecule has 0 unspecified atom stereocenters. The van der Waals surface area contributed by atoms with E-state index in [1.165, 1.54) is 25.8 Å². The van der Waals surface area contributed by atoms with Crippen molar-refractivity contribution in [1.29, 1.82) is 0 Å². The minimum Gasteiger partial charge on any atom is -0.324 e. The third kappa shape index (κ3) is 3.11. The van der Waals surface area contributed by atoms with Gasteiger partial charge in [-0.15, -0.1) is 0 Å². The van der Waals surface area contributed by atoms with Crippen LogP contribution < -0.4 is 5.73 Å². The van der Waals surface area contributed by atoms with Gasteiger partial charge in [-0.1, -0.05) is 6.42 Å². The second-order valence-electron chi connectivity index (χ2n) is 4.80. The second-order valence-corrected chi connectivity index (χ2v) is 4.80. The minimum atomic E-state index is -0.0361. The maximum atomic E-state index is 5.99. The van der Waals surface area contributed by atoms with Crippen LogP contribution in [-0.4, -0.2) is 29.6 Å². The summed E-state index contributed by atoms with van der Waals surface area (Å²) < 4.78 is 0. The lowest BCUT2D eigenvalue weighted by molar-refractivity contribution is 0.134. The molecule has 2 nitrogen and oxygen atoms in total. The van der Waals surface area contributed by atoms with Gasteiger partial charge in [0.05, 0.1) is 0 Å². The van der Waals surface area contributed by atoms with E-state index in [0.29, 0.717) is 0 Å². The third-order valence-corrected chi connectivity index (χ3v) is 2.55. The largest absolute Gasteiger partial charge is 0.324 e. The van der Waals surface area contributed by atoms with Crippen LogP contribution in [0.2, 0.25) is 0 Å². The summed E-state index contributed by atoms with van der Waals surface area (Å²) in [6, 6.07) is 0.738. The summed E-state index contributed by atoms with van der Waals surface area (Å²) in [4.78, 5) is 2.52. The van der Waals surface area contributed by atoms with E-state index in [9.17, 15) is 0 Å². The Bertz CT molecular complexity index is 137. The van der Waals surface area contributed by atoms with E-state index >= 15 is 0 Å². The van der Waals surface area contributed by atoms with Crippen molar-refractivity contribution in [3.05, 3.63) is 0 Å². The van der Waals surface area contributed by atoms with Gasteiger partial charge >= 0.3 is 0 Å². The highest BCUT2D eigenvalue weighted by atomic mass is 15.2. The lowest BCUT2D eigenvalue weighted by atomic mass is 9.99. The maximum Gasteiger partial charge on any atom is 0.0226 e. The van der Waals surface area contributed by atoms with Crippen LogP contribution in [0.5, 0.6) is 0 Å². The number of rotatable bonds is 2. The first-order valence-electron chi connectivity index (χ1n) is 5.02. The Hall–Kier alpha value is -0.0800. The monoisotopic (exact) mass is 170 g/mol. The average Bonchev–Trinajstić information content (AvgIpc) is 1.91. The summed E-state index contributed by atoms with van der Waals surface area (Å²) in [6.07, 6.45) is 4.08. The highest BCUT2D eigenvalue weighted by Crippen LogP contribution is 2.17. The van der Waals surface area contributed by atoms with E-state index in [1.807, 2.05) is 0 Å². The van der Waals surface area contributed by atoms with Gasteiger partial charge in [-0.25, -0.2) is 0 Å². The number of nitrogens with zero attached hydrogens (tertiary/aromatic N) is 1. The summed E-state index contributed by atoms with van der Waals surface area (Å²) in [5.74, 6) is 0. The van der Waals surface area contributed by atoms with Crippen LogP contribution in [0.3, 0.4) is 0 Å². The molecule has 1 aliphatic rings. The molecule has 0 amide bonds. The molecule has 0 aromatic heterocycles. The molecule has 0 saturated carbocycles. The van der Waals surface area contributed by atoms with Crippen molar-refractivity contribution >= 4 is 0 Å². The molecule has 0 aromatic rings. The number of nitrogens with two attached hydrogens (primary N) is 1. The van der Waals surface area contributed by atoms with Gasteiger partial charge in [-0.2, -0.15) is 0 Å². The summed E-state index contributed by atoms with van der Waals surface area (Å²) in [6.45, 7) is 8.80. The van der Waals surface area contributed by atoms with Crippen molar-refractivity contribution in [3.63, 3.8) is 0 Å². The Morgan fingerprint density at radius 2 is 2.08 bits per heavy atom. The zero-order chi connectivity index (χ0) is 9.19. The summed E-state index contributed by atoms with van der Waals surface area (Å²) >= 11 is 0. The first kappa shape index (κ1) is 10.0. The van der Waals surface area contributed by atoms with Crippen molar-refractivity contribution in [2.75, 3.05) is 13.1 Å². The van der Waals surface area contributed by atoms with Crippen molar-refractivity contribution in [3.8, 4) is 0 Å². The van der Waals surface area contributed by atoms with Gasteiger partial charge in [-0.3, -0.25) is 4.90 Å². The van der Waals surface area contributed by atoms with Crippen LogP contribution in [0.4, 0.5) is 0 Å². The van der Waals surface area contributed by atoms with Crippen molar-refractivity contribution in [1.82, 2.24) is 4.90 Å². The molecule has 1 atom stereocenters. The molecule has 12 heavy (non-hydrogen) atoms. The number of hydrogen-bond acceptors (Lipinski definition) is 2. The molecule has 0 aliphatic carbocycles. The van der Waals surface area contributed by atoms with E-state index in [1.54, 1.807) is 0 Å². The van der Waals surface area contributed by atoms with Crippen LogP contribution >= 0.6 is 0 Å². The highest BCUT2D eigenvalue weighted by Gasteiger charge is 2.23. The van der Waals surface area contributed by atoms with Crippen LogP contribution in [0.15, 0.2) is 0 Å². The van der Waals surface area contributed by atoms with E-state index in [4.69, 9.17) is 5.73 Å². The van der Waals surface area contributed by atoms with Crippen LogP contribution in [-0.2, 0) is 0 Å². The van der Waals surface area contributed by atoms with Crippen molar-refractivity contribution < 1.29 is 0 Å². The van der Waals surface area contributed by atoms with Crippen molar-refractivity contribution in [2.45, 2.75) is 51.6 Å². The van der Waals surface area contributed by atoms with Crippen LogP contribution in [0.25, 0.3) is 0 Å². The molecule has 1 saturated heterocycles. The standard InChI is InChI=1S/C10H22N2/c1-9-6-4-5-7-12(9)8-10(2,3)11/h9H,4-8,11H2,1-3H3/t9-/m1/s1.